The van der Waals surface area contributed by atoms with E-state index in [1.807, 2.05) is 0 Å². The number of aliphatic hydroxyl groups excluding tert-OH is 2. The third kappa shape index (κ3) is 2.82. The van der Waals surface area contributed by atoms with Crippen LogP contribution < -0.4 is 0 Å². The summed E-state index contributed by atoms with van der Waals surface area (Å²) in [5.41, 5.74) is 8.51. The lowest BCUT2D eigenvalue weighted by Gasteiger charge is -2.13. The Balaban J connectivity index is 2.81. The van der Waals surface area contributed by atoms with Gasteiger partial charge in [0, 0.05) is 0 Å². The van der Waals surface area contributed by atoms with Gasteiger partial charge in [-0.05, 0) is 5.56 Å². The summed E-state index contributed by atoms with van der Waals surface area (Å²) in [6.45, 7) is 0. The van der Waals surface area contributed by atoms with Crippen LogP contribution in [0.5, 0.6) is 0 Å². The van der Waals surface area contributed by atoms with Gasteiger partial charge in [-0.15, -0.1) is 0 Å². The molecule has 0 aliphatic rings. The normalized spacial score (nSPS) is 13.7. The number of benzene rings is 1. The Morgan fingerprint density at radius 2 is 1.93 bits per heavy atom. The maximum Gasteiger partial charge on any atom is 0.326 e. The molecule has 0 fully saturated rings. The van der Waals surface area contributed by atoms with Crippen molar-refractivity contribution in [2.24, 2.45) is 0 Å². The van der Waals surface area contributed by atoms with E-state index in [1.165, 1.54) is 0 Å². The lowest BCUT2D eigenvalue weighted by atomic mass is 10.0. The van der Waals surface area contributed by atoms with Crippen LogP contribution in [-0.2, 0) is 4.79 Å². The van der Waals surface area contributed by atoms with Crippen molar-refractivity contribution in [3.05, 3.63) is 41.4 Å². The lowest BCUT2D eigenvalue weighted by molar-refractivity contribution is -0.129. The summed E-state index contributed by atoms with van der Waals surface area (Å²) in [5.74, 6) is -0.853. The molecule has 5 heteroatoms. The standard InChI is InChI=1S/C10H10N2O3/c11-12-6-8(13)10(15)9(14)7-4-2-1-3-5-7/h1-6,9-10,14-15H. The van der Waals surface area contributed by atoms with Crippen molar-refractivity contribution >= 4 is 12.0 Å². The van der Waals surface area contributed by atoms with Crippen LogP contribution in [0.3, 0.4) is 0 Å². The van der Waals surface area contributed by atoms with E-state index in [-0.39, 0.29) is 0 Å². The van der Waals surface area contributed by atoms with Gasteiger partial charge < -0.3 is 15.7 Å². The molecule has 78 valence electrons. The number of carbonyl (C=O) groups excluding carboxylic acids is 1. The Morgan fingerprint density at radius 1 is 1.33 bits per heavy atom. The van der Waals surface area contributed by atoms with Crippen LogP contribution in [0.1, 0.15) is 11.7 Å². The first-order valence-corrected chi connectivity index (χ1v) is 4.29. The van der Waals surface area contributed by atoms with Crippen molar-refractivity contribution in [1.82, 2.24) is 0 Å². The minimum Gasteiger partial charge on any atom is -0.385 e. The quantitative estimate of drug-likeness (QED) is 0.411. The van der Waals surface area contributed by atoms with Gasteiger partial charge >= 0.3 is 6.21 Å². The van der Waals surface area contributed by atoms with Gasteiger partial charge in [-0.2, -0.15) is 4.79 Å². The second-order valence-corrected chi connectivity index (χ2v) is 2.95. The smallest absolute Gasteiger partial charge is 0.326 e. The average molecular weight is 206 g/mol. The summed E-state index contributed by atoms with van der Waals surface area (Å²) in [6, 6.07) is 8.26. The molecule has 0 spiro atoms. The third-order valence-electron chi connectivity index (χ3n) is 1.92. The van der Waals surface area contributed by atoms with Crippen molar-refractivity contribution in [2.45, 2.75) is 12.2 Å². The summed E-state index contributed by atoms with van der Waals surface area (Å²) in [5, 5.41) is 18.9. The predicted octanol–water partition coefficient (Wildman–Crippen LogP) is -0.0494. The number of Topliss-reactive ketones (excluding diaryl/α,β-unsaturated/α-hetero) is 1. The van der Waals surface area contributed by atoms with Crippen LogP contribution in [-0.4, -0.2) is 33.1 Å². The molecule has 0 aliphatic carbocycles. The first-order chi connectivity index (χ1) is 7.16. The Bertz CT molecular complexity index is 385. The van der Waals surface area contributed by atoms with Crippen LogP contribution in [0.25, 0.3) is 5.53 Å². The first-order valence-electron chi connectivity index (χ1n) is 4.29. The van der Waals surface area contributed by atoms with E-state index in [0.717, 1.165) is 0 Å². The summed E-state index contributed by atoms with van der Waals surface area (Å²) >= 11 is 0. The monoisotopic (exact) mass is 206 g/mol. The zero-order valence-electron chi connectivity index (χ0n) is 7.82. The fourth-order valence-electron chi connectivity index (χ4n) is 1.12. The van der Waals surface area contributed by atoms with Crippen LogP contribution in [0.4, 0.5) is 0 Å². The summed E-state index contributed by atoms with van der Waals surface area (Å²) < 4.78 is 0. The largest absolute Gasteiger partial charge is 0.385 e. The number of carbonyl (C=O) groups is 1. The topological polar surface area (TPSA) is 93.9 Å². The first kappa shape index (κ1) is 11.3. The Morgan fingerprint density at radius 3 is 2.47 bits per heavy atom. The summed E-state index contributed by atoms with van der Waals surface area (Å²) in [7, 11) is 0. The number of ketones is 1. The fourth-order valence-corrected chi connectivity index (χ4v) is 1.12. The summed E-state index contributed by atoms with van der Waals surface area (Å²) in [6.07, 6.45) is -2.39. The predicted molar refractivity (Wildman–Crippen MR) is 52.1 cm³/mol. The molecule has 0 bridgehead atoms. The highest BCUT2D eigenvalue weighted by molar-refractivity contribution is 6.27. The molecule has 0 amide bonds. The van der Waals surface area contributed by atoms with Gasteiger partial charge in [0.2, 0.25) is 0 Å². The minimum absolute atomic E-state index is 0.421. The van der Waals surface area contributed by atoms with Gasteiger partial charge in [-0.3, -0.25) is 4.79 Å². The molecule has 2 unspecified atom stereocenters. The van der Waals surface area contributed by atoms with E-state index in [2.05, 4.69) is 4.79 Å². The third-order valence-corrected chi connectivity index (χ3v) is 1.92. The van der Waals surface area contributed by atoms with Crippen LogP contribution >= 0.6 is 0 Å². The Kier molecular flexibility index (Phi) is 3.88. The molecule has 1 aromatic carbocycles. The number of hydrogen-bond donors (Lipinski definition) is 2. The molecular formula is C10H10N2O3. The molecule has 0 heterocycles. The zero-order valence-corrected chi connectivity index (χ0v) is 7.82. The van der Waals surface area contributed by atoms with Crippen LogP contribution in [0, 0.1) is 0 Å². The van der Waals surface area contributed by atoms with E-state index < -0.39 is 18.0 Å². The van der Waals surface area contributed by atoms with Crippen molar-refractivity contribution in [2.75, 3.05) is 0 Å². The number of hydrogen-bond acceptors (Lipinski definition) is 3. The van der Waals surface area contributed by atoms with Crippen LogP contribution in [0.15, 0.2) is 30.3 Å². The molecule has 0 radical (unpaired) electrons. The molecule has 5 nitrogen and oxygen atoms in total. The Labute approximate surface area is 86.2 Å². The van der Waals surface area contributed by atoms with Gasteiger partial charge in [0.1, 0.15) is 6.10 Å². The molecule has 0 saturated carbocycles. The Hall–Kier alpha value is -1.81. The molecule has 2 N–H and O–H groups in total. The van der Waals surface area contributed by atoms with Gasteiger partial charge in [0.25, 0.3) is 5.78 Å². The molecule has 1 aromatic rings. The van der Waals surface area contributed by atoms with Gasteiger partial charge in [0.15, 0.2) is 6.10 Å². The van der Waals surface area contributed by atoms with Gasteiger partial charge in [-0.1, -0.05) is 30.3 Å². The van der Waals surface area contributed by atoms with E-state index in [4.69, 9.17) is 5.53 Å². The van der Waals surface area contributed by atoms with E-state index in [9.17, 15) is 15.0 Å². The second kappa shape index (κ2) is 5.17. The zero-order chi connectivity index (χ0) is 11.3. The fraction of sp³-hybridized carbons (Fsp3) is 0.200. The molecule has 1 rings (SSSR count). The van der Waals surface area contributed by atoms with E-state index >= 15 is 0 Å². The molecule has 0 aliphatic heterocycles. The molecular weight excluding hydrogens is 196 g/mol. The average Bonchev–Trinajstić information content (AvgIpc) is 2.28. The highest BCUT2D eigenvalue weighted by Crippen LogP contribution is 2.16. The molecule has 15 heavy (non-hydrogen) atoms. The van der Waals surface area contributed by atoms with Gasteiger partial charge in [-0.25, -0.2) is 0 Å². The van der Waals surface area contributed by atoms with Crippen molar-refractivity contribution in [1.29, 1.82) is 0 Å². The maximum absolute atomic E-state index is 11.0. The number of nitrogens with zero attached hydrogens (tertiary/aromatic N) is 2. The SMILES string of the molecule is [N-]=[N+]=CC(=O)C(O)C(O)c1ccccc1. The van der Waals surface area contributed by atoms with Crippen molar-refractivity contribution in [3.63, 3.8) is 0 Å². The van der Waals surface area contributed by atoms with Crippen molar-refractivity contribution < 1.29 is 19.8 Å². The van der Waals surface area contributed by atoms with E-state index in [1.54, 1.807) is 30.3 Å². The second-order valence-electron chi connectivity index (χ2n) is 2.95. The van der Waals surface area contributed by atoms with Crippen molar-refractivity contribution in [3.8, 4) is 0 Å². The maximum atomic E-state index is 11.0. The highest BCUT2D eigenvalue weighted by Gasteiger charge is 2.26. The minimum atomic E-state index is -1.62. The lowest BCUT2D eigenvalue weighted by Crippen LogP contribution is -2.29. The van der Waals surface area contributed by atoms with Gasteiger partial charge in [0.05, 0.1) is 0 Å². The number of rotatable bonds is 4. The molecule has 0 aromatic heterocycles. The number of aliphatic hydroxyl groups is 2. The van der Waals surface area contributed by atoms with E-state index in [0.29, 0.717) is 11.8 Å². The molecule has 0 saturated heterocycles. The highest BCUT2D eigenvalue weighted by atomic mass is 16.3. The summed E-state index contributed by atoms with van der Waals surface area (Å²) in [4.78, 5) is 13.5. The molecule has 2 atom stereocenters. The van der Waals surface area contributed by atoms with Crippen LogP contribution in [0.2, 0.25) is 0 Å².